The molecule has 0 saturated heterocycles. The highest BCUT2D eigenvalue weighted by molar-refractivity contribution is 8.00. The highest BCUT2D eigenvalue weighted by atomic mass is 32.2. The first-order valence-electron chi connectivity index (χ1n) is 8.86. The maximum Gasteiger partial charge on any atom is 0.416 e. The van der Waals surface area contributed by atoms with E-state index in [0.717, 1.165) is 12.1 Å². The molecule has 1 aromatic heterocycles. The lowest BCUT2D eigenvalue weighted by Crippen LogP contribution is -2.32. The number of hydrogen-bond acceptors (Lipinski definition) is 5. The van der Waals surface area contributed by atoms with Gasteiger partial charge in [-0.1, -0.05) is 13.0 Å². The number of thioether (sulfide) groups is 1. The fraction of sp³-hybridized carbons (Fsp3) is 0.263. The predicted molar refractivity (Wildman–Crippen MR) is 102 cm³/mol. The number of carbonyl (C=O) groups excluding carboxylic acids is 1. The van der Waals surface area contributed by atoms with Gasteiger partial charge in [0.2, 0.25) is 0 Å². The topological polar surface area (TPSA) is 63.9 Å². The number of anilines is 1. The summed E-state index contributed by atoms with van der Waals surface area (Å²) in [4.78, 5) is 15.4. The highest BCUT2D eigenvalue weighted by Crippen LogP contribution is 2.41. The van der Waals surface area contributed by atoms with E-state index in [-0.39, 0.29) is 16.8 Å². The van der Waals surface area contributed by atoms with Crippen LogP contribution in [0.15, 0.2) is 53.7 Å². The van der Waals surface area contributed by atoms with E-state index in [1.165, 1.54) is 33.7 Å². The third-order valence-electron chi connectivity index (χ3n) is 4.62. The smallest absolute Gasteiger partial charge is 0.307 e. The van der Waals surface area contributed by atoms with Gasteiger partial charge in [-0.15, -0.1) is 16.9 Å². The van der Waals surface area contributed by atoms with Crippen molar-refractivity contribution in [2.45, 2.75) is 29.7 Å². The van der Waals surface area contributed by atoms with Crippen molar-refractivity contribution >= 4 is 23.4 Å². The third kappa shape index (κ3) is 3.98. The van der Waals surface area contributed by atoms with E-state index in [1.807, 2.05) is 6.92 Å². The van der Waals surface area contributed by atoms with Crippen molar-refractivity contribution in [1.29, 1.82) is 0 Å². The second kappa shape index (κ2) is 7.51. The summed E-state index contributed by atoms with van der Waals surface area (Å²) in [6, 6.07) is 10.2. The van der Waals surface area contributed by atoms with Gasteiger partial charge in [-0.05, 0) is 53.2 Å². The largest absolute Gasteiger partial charge is 0.416 e. The molecule has 0 bridgehead atoms. The predicted octanol–water partition coefficient (Wildman–Crippen LogP) is 4.21. The first-order chi connectivity index (χ1) is 13.8. The molecule has 0 radical (unpaired) electrons. The highest BCUT2D eigenvalue weighted by Gasteiger charge is 2.33. The molecule has 0 fully saturated rings. The van der Waals surface area contributed by atoms with Crippen LogP contribution in [0.25, 0.3) is 5.69 Å². The van der Waals surface area contributed by atoms with Crippen LogP contribution in [-0.2, 0) is 6.18 Å². The van der Waals surface area contributed by atoms with Crippen molar-refractivity contribution in [3.63, 3.8) is 0 Å². The average molecular weight is 419 g/mol. The summed E-state index contributed by atoms with van der Waals surface area (Å²) in [6.07, 6.45) is -2.41. The molecule has 0 N–H and O–H groups in total. The fourth-order valence-electron chi connectivity index (χ4n) is 3.14. The number of carbonyl (C=O) groups is 1. The summed E-state index contributed by atoms with van der Waals surface area (Å²) in [6.45, 7) is 2.33. The minimum atomic E-state index is -4.48. The van der Waals surface area contributed by atoms with E-state index < -0.39 is 11.7 Å². The number of alkyl halides is 3. The number of aromatic nitrogens is 4. The second-order valence-electron chi connectivity index (χ2n) is 6.66. The van der Waals surface area contributed by atoms with E-state index in [1.54, 1.807) is 24.3 Å². The quantitative estimate of drug-likeness (QED) is 0.623. The molecule has 10 heteroatoms. The van der Waals surface area contributed by atoms with E-state index in [4.69, 9.17) is 0 Å². The number of tetrazole rings is 1. The van der Waals surface area contributed by atoms with E-state index in [0.29, 0.717) is 29.1 Å². The Kier molecular flexibility index (Phi) is 5.03. The Hall–Kier alpha value is -2.88. The molecule has 0 spiro atoms. The monoisotopic (exact) mass is 419 g/mol. The van der Waals surface area contributed by atoms with Crippen molar-refractivity contribution in [1.82, 2.24) is 20.2 Å². The number of amides is 1. The van der Waals surface area contributed by atoms with Gasteiger partial charge < -0.3 is 4.90 Å². The molecular weight excluding hydrogens is 403 g/mol. The standard InChI is InChI=1S/C19H16F3N5OS/c1-12-7-8-26(16-10-14(19(20,21)22)5-6-17(16)29-12)18(28)13-3-2-4-15(9-13)27-11-23-24-25-27/h2-6,9-12H,7-8H2,1H3. The molecule has 1 unspecified atom stereocenters. The number of fused-ring (bicyclic) bond motifs is 1. The zero-order chi connectivity index (χ0) is 20.6. The molecule has 0 aliphatic carbocycles. The Bertz CT molecular complexity index is 1040. The molecule has 29 heavy (non-hydrogen) atoms. The molecule has 1 atom stereocenters. The molecule has 4 rings (SSSR count). The summed E-state index contributed by atoms with van der Waals surface area (Å²) in [5.74, 6) is -0.366. The molecule has 6 nitrogen and oxygen atoms in total. The summed E-state index contributed by atoms with van der Waals surface area (Å²) in [7, 11) is 0. The molecular formula is C19H16F3N5OS. The maximum atomic E-state index is 13.3. The van der Waals surface area contributed by atoms with Crippen molar-refractivity contribution in [3.05, 3.63) is 59.9 Å². The summed E-state index contributed by atoms with van der Waals surface area (Å²) >= 11 is 1.48. The van der Waals surface area contributed by atoms with Crippen molar-refractivity contribution < 1.29 is 18.0 Å². The zero-order valence-electron chi connectivity index (χ0n) is 15.3. The lowest BCUT2D eigenvalue weighted by atomic mass is 10.1. The van der Waals surface area contributed by atoms with Gasteiger partial charge in [-0.25, -0.2) is 4.68 Å². The molecule has 1 amide bonds. The molecule has 2 aromatic carbocycles. The number of hydrogen-bond donors (Lipinski definition) is 0. The first-order valence-corrected chi connectivity index (χ1v) is 9.74. The van der Waals surface area contributed by atoms with Crippen LogP contribution in [0.3, 0.4) is 0 Å². The van der Waals surface area contributed by atoms with Gasteiger partial charge in [0.1, 0.15) is 6.33 Å². The first kappa shape index (κ1) is 19.4. The van der Waals surface area contributed by atoms with Crippen molar-refractivity contribution in [2.75, 3.05) is 11.4 Å². The Morgan fingerprint density at radius 3 is 2.76 bits per heavy atom. The lowest BCUT2D eigenvalue weighted by molar-refractivity contribution is -0.137. The summed E-state index contributed by atoms with van der Waals surface area (Å²) in [5.41, 5.74) is 0.447. The minimum absolute atomic E-state index is 0.177. The SMILES string of the molecule is CC1CCN(C(=O)c2cccc(-n3cnnn3)c2)c2cc(C(F)(F)F)ccc2S1. The molecule has 1 aliphatic heterocycles. The van der Waals surface area contributed by atoms with Crippen molar-refractivity contribution in [3.8, 4) is 5.69 Å². The summed E-state index contributed by atoms with van der Waals surface area (Å²) < 4.78 is 41.2. The van der Waals surface area contributed by atoms with Gasteiger partial charge in [-0.3, -0.25) is 4.79 Å². The number of rotatable bonds is 2. The molecule has 150 valence electrons. The summed E-state index contributed by atoms with van der Waals surface area (Å²) in [5, 5.41) is 11.1. The van der Waals surface area contributed by atoms with E-state index in [2.05, 4.69) is 15.5 Å². The van der Waals surface area contributed by atoms with Gasteiger partial charge in [-0.2, -0.15) is 13.2 Å². The minimum Gasteiger partial charge on any atom is -0.307 e. The fourth-order valence-corrected chi connectivity index (χ4v) is 4.23. The second-order valence-corrected chi connectivity index (χ2v) is 8.14. The van der Waals surface area contributed by atoms with E-state index >= 15 is 0 Å². The number of benzene rings is 2. The van der Waals surface area contributed by atoms with Gasteiger partial charge in [0.05, 0.1) is 16.9 Å². The van der Waals surface area contributed by atoms with Crippen LogP contribution in [0.2, 0.25) is 0 Å². The third-order valence-corrected chi connectivity index (χ3v) is 5.85. The van der Waals surface area contributed by atoms with Gasteiger partial charge in [0.25, 0.3) is 5.91 Å². The molecule has 0 saturated carbocycles. The van der Waals surface area contributed by atoms with Gasteiger partial charge >= 0.3 is 6.18 Å². The van der Waals surface area contributed by atoms with Crippen molar-refractivity contribution in [2.24, 2.45) is 0 Å². The van der Waals surface area contributed by atoms with Gasteiger partial charge in [0.15, 0.2) is 0 Å². The Morgan fingerprint density at radius 2 is 2.03 bits per heavy atom. The lowest BCUT2D eigenvalue weighted by Gasteiger charge is -2.24. The Morgan fingerprint density at radius 1 is 1.21 bits per heavy atom. The van der Waals surface area contributed by atoms with Gasteiger partial charge in [0, 0.05) is 22.3 Å². The number of halogens is 3. The normalized spacial score (nSPS) is 17.0. The molecule has 1 aliphatic rings. The Labute approximate surface area is 168 Å². The van der Waals surface area contributed by atoms with Crippen LogP contribution in [0.4, 0.5) is 18.9 Å². The van der Waals surface area contributed by atoms with E-state index in [9.17, 15) is 18.0 Å². The van der Waals surface area contributed by atoms with Crippen LogP contribution in [0, 0.1) is 0 Å². The van der Waals surface area contributed by atoms with Crippen LogP contribution < -0.4 is 4.90 Å². The average Bonchev–Trinajstić information content (AvgIpc) is 3.17. The maximum absolute atomic E-state index is 13.3. The molecule has 2 heterocycles. The van der Waals surface area contributed by atoms with Crippen LogP contribution >= 0.6 is 11.8 Å². The van der Waals surface area contributed by atoms with Crippen LogP contribution in [0.5, 0.6) is 0 Å². The number of nitrogens with zero attached hydrogens (tertiary/aromatic N) is 5. The Balaban J connectivity index is 1.75. The van der Waals surface area contributed by atoms with Crippen LogP contribution in [-0.4, -0.2) is 37.9 Å². The zero-order valence-corrected chi connectivity index (χ0v) is 16.1. The molecule has 3 aromatic rings. The van der Waals surface area contributed by atoms with Crippen LogP contribution in [0.1, 0.15) is 29.3 Å².